The molecule has 4 aromatic rings. The Morgan fingerprint density at radius 1 is 0.792 bits per heavy atom. The van der Waals surface area contributed by atoms with Crippen molar-refractivity contribution >= 4 is 64.2 Å². The normalized spacial score (nSPS) is 11.5. The summed E-state index contributed by atoms with van der Waals surface area (Å²) >= 11 is 13.0. The third-order valence-corrected chi connectivity index (χ3v) is 7.58. The summed E-state index contributed by atoms with van der Waals surface area (Å²) < 4.78 is 5.42. The Kier molecular flexibility index (Phi) is 12.9. The molecule has 3 amide bonds. The molecule has 48 heavy (non-hydrogen) atoms. The number of amides is 3. The first-order chi connectivity index (χ1) is 23.2. The number of nitrogens with zero attached hydrogens (tertiary/aromatic N) is 1. The van der Waals surface area contributed by atoms with Crippen LogP contribution >= 0.6 is 23.2 Å². The maximum Gasteiger partial charge on any atom is 0.320 e. The van der Waals surface area contributed by atoms with Crippen molar-refractivity contribution in [3.8, 4) is 11.1 Å². The quantitative estimate of drug-likeness (QED) is 0.0600. The highest BCUT2D eigenvalue weighted by molar-refractivity contribution is 6.40. The molecule has 5 N–H and O–H groups in total. The molecule has 11 nitrogen and oxygen atoms in total. The summed E-state index contributed by atoms with van der Waals surface area (Å²) in [6.07, 6.45) is 0. The Balaban J connectivity index is 1.42. The van der Waals surface area contributed by atoms with Crippen molar-refractivity contribution in [2.24, 2.45) is 10.9 Å². The number of benzene rings is 4. The zero-order valence-electron chi connectivity index (χ0n) is 26.2. The van der Waals surface area contributed by atoms with E-state index in [9.17, 15) is 19.2 Å². The van der Waals surface area contributed by atoms with Crippen molar-refractivity contribution in [3.05, 3.63) is 118 Å². The average molecular weight is 690 g/mol. The number of aliphatic imine (C=N–C) groups is 1. The van der Waals surface area contributed by atoms with Crippen LogP contribution in [0.4, 0.5) is 11.4 Å². The summed E-state index contributed by atoms with van der Waals surface area (Å²) in [5.74, 6) is -3.79. The van der Waals surface area contributed by atoms with Crippen LogP contribution in [0.3, 0.4) is 0 Å². The van der Waals surface area contributed by atoms with Gasteiger partial charge in [-0.25, -0.2) is 0 Å². The van der Waals surface area contributed by atoms with Crippen molar-refractivity contribution in [3.63, 3.8) is 0 Å². The molecule has 0 saturated heterocycles. The molecule has 1 atom stereocenters. The summed E-state index contributed by atoms with van der Waals surface area (Å²) in [6, 6.07) is 28.3. The van der Waals surface area contributed by atoms with E-state index >= 15 is 0 Å². The maximum atomic E-state index is 13.5. The minimum atomic E-state index is -1.47. The van der Waals surface area contributed by atoms with Crippen LogP contribution in [0.2, 0.25) is 10.0 Å². The van der Waals surface area contributed by atoms with E-state index in [1.807, 2.05) is 36.4 Å². The molecular weight excluding hydrogens is 655 g/mol. The standard InChI is InChI=1S/C35H34Cl2N6O5/c1-38-35(39-2)42-26-15-9-14-24(16-26)32(45)41-20-30(44)40-19-27(34(47)48-21-22-10-5-3-6-11-22)33(46)43-31-28(36)17-25(18-29(31)37)23-12-7-4-8-13-23/h3-18,27H,19-21H2,1-2H3,(H,40,44)(H,41,45)(H,43,46)(H2,38,39,42)/t27-/m0/s1. The largest absolute Gasteiger partial charge is 0.460 e. The molecule has 4 rings (SSSR count). The topological polar surface area (TPSA) is 150 Å². The smallest absolute Gasteiger partial charge is 0.320 e. The Morgan fingerprint density at radius 3 is 2.10 bits per heavy atom. The lowest BCUT2D eigenvalue weighted by Crippen LogP contribution is -2.44. The molecule has 248 valence electrons. The van der Waals surface area contributed by atoms with E-state index in [0.29, 0.717) is 22.8 Å². The van der Waals surface area contributed by atoms with Crippen LogP contribution in [0.1, 0.15) is 15.9 Å². The van der Waals surface area contributed by atoms with Crippen molar-refractivity contribution in [2.45, 2.75) is 6.61 Å². The molecule has 0 fully saturated rings. The highest BCUT2D eigenvalue weighted by atomic mass is 35.5. The Hall–Kier alpha value is -5.39. The van der Waals surface area contributed by atoms with Gasteiger partial charge in [0.25, 0.3) is 5.91 Å². The van der Waals surface area contributed by atoms with E-state index in [-0.39, 0.29) is 22.3 Å². The number of halogens is 2. The van der Waals surface area contributed by atoms with Crippen LogP contribution in [-0.4, -0.2) is 56.8 Å². The number of carbonyl (C=O) groups excluding carboxylic acids is 4. The van der Waals surface area contributed by atoms with Crippen LogP contribution in [0, 0.1) is 5.92 Å². The fourth-order valence-corrected chi connectivity index (χ4v) is 5.04. The summed E-state index contributed by atoms with van der Waals surface area (Å²) in [4.78, 5) is 56.2. The number of ether oxygens (including phenoxy) is 1. The van der Waals surface area contributed by atoms with Gasteiger partial charge in [0.05, 0.1) is 22.3 Å². The predicted molar refractivity (Wildman–Crippen MR) is 188 cm³/mol. The van der Waals surface area contributed by atoms with Crippen LogP contribution in [-0.2, 0) is 25.7 Å². The molecule has 0 radical (unpaired) electrons. The van der Waals surface area contributed by atoms with Crippen molar-refractivity contribution < 1.29 is 23.9 Å². The Morgan fingerprint density at radius 2 is 1.46 bits per heavy atom. The molecule has 4 aromatic carbocycles. The minimum Gasteiger partial charge on any atom is -0.460 e. The zero-order chi connectivity index (χ0) is 34.5. The lowest BCUT2D eigenvalue weighted by molar-refractivity contribution is -0.152. The fraction of sp³-hybridized carbons (Fsp3) is 0.171. The molecule has 0 aliphatic heterocycles. The number of nitrogens with one attached hydrogen (secondary N) is 5. The molecule has 0 bridgehead atoms. The number of carbonyl (C=O) groups is 4. The van der Waals surface area contributed by atoms with Gasteiger partial charge in [0, 0.05) is 31.9 Å². The fourth-order valence-electron chi connectivity index (χ4n) is 4.46. The van der Waals surface area contributed by atoms with Crippen LogP contribution < -0.4 is 26.6 Å². The molecule has 0 aliphatic rings. The van der Waals surface area contributed by atoms with Gasteiger partial charge in [0.1, 0.15) is 6.61 Å². The van der Waals surface area contributed by atoms with Gasteiger partial charge < -0.3 is 31.3 Å². The van der Waals surface area contributed by atoms with Gasteiger partial charge in [-0.1, -0.05) is 89.9 Å². The van der Waals surface area contributed by atoms with E-state index in [1.165, 1.54) is 0 Å². The van der Waals surface area contributed by atoms with Gasteiger partial charge in [-0.3, -0.25) is 24.2 Å². The zero-order valence-corrected chi connectivity index (χ0v) is 27.7. The third kappa shape index (κ3) is 10.1. The molecule has 13 heteroatoms. The number of hydrogen-bond acceptors (Lipinski definition) is 6. The van der Waals surface area contributed by atoms with Gasteiger partial charge in [-0.05, 0) is 47.0 Å². The van der Waals surface area contributed by atoms with E-state index in [1.54, 1.807) is 74.8 Å². The van der Waals surface area contributed by atoms with Gasteiger partial charge in [0.2, 0.25) is 11.8 Å². The lowest BCUT2D eigenvalue weighted by Gasteiger charge is -2.18. The first kappa shape index (κ1) is 35.5. The second-order valence-corrected chi connectivity index (χ2v) is 11.1. The highest BCUT2D eigenvalue weighted by Gasteiger charge is 2.30. The number of anilines is 2. The first-order valence-electron chi connectivity index (χ1n) is 14.8. The van der Waals surface area contributed by atoms with E-state index in [0.717, 1.165) is 11.1 Å². The predicted octanol–water partition coefficient (Wildman–Crippen LogP) is 5.12. The van der Waals surface area contributed by atoms with Gasteiger partial charge in [-0.15, -0.1) is 0 Å². The molecule has 0 aromatic heterocycles. The number of guanidine groups is 1. The lowest BCUT2D eigenvalue weighted by atomic mass is 10.0. The number of rotatable bonds is 12. The van der Waals surface area contributed by atoms with E-state index in [4.69, 9.17) is 27.9 Å². The molecule has 0 saturated carbocycles. The third-order valence-electron chi connectivity index (χ3n) is 6.98. The van der Waals surface area contributed by atoms with Crippen LogP contribution in [0.5, 0.6) is 0 Å². The van der Waals surface area contributed by atoms with Crippen molar-refractivity contribution in [1.82, 2.24) is 16.0 Å². The van der Waals surface area contributed by atoms with Gasteiger partial charge >= 0.3 is 5.97 Å². The summed E-state index contributed by atoms with van der Waals surface area (Å²) in [7, 11) is 3.31. The summed E-state index contributed by atoms with van der Waals surface area (Å²) in [6.45, 7) is -0.927. The summed E-state index contributed by atoms with van der Waals surface area (Å²) in [5.41, 5.74) is 3.33. The molecule has 0 spiro atoms. The maximum absolute atomic E-state index is 13.5. The monoisotopic (exact) mass is 688 g/mol. The van der Waals surface area contributed by atoms with E-state index in [2.05, 4.69) is 31.6 Å². The second kappa shape index (κ2) is 17.5. The highest BCUT2D eigenvalue weighted by Crippen LogP contribution is 2.36. The van der Waals surface area contributed by atoms with Crippen LogP contribution in [0.25, 0.3) is 11.1 Å². The van der Waals surface area contributed by atoms with E-state index < -0.39 is 42.7 Å². The Bertz CT molecular complexity index is 1760. The molecule has 0 aliphatic carbocycles. The first-order valence-corrected chi connectivity index (χ1v) is 15.6. The molecular formula is C35H34Cl2N6O5. The van der Waals surface area contributed by atoms with Gasteiger partial charge in [-0.2, -0.15) is 0 Å². The summed E-state index contributed by atoms with van der Waals surface area (Å²) in [5, 5.41) is 13.9. The number of esters is 1. The van der Waals surface area contributed by atoms with Crippen molar-refractivity contribution in [1.29, 1.82) is 0 Å². The average Bonchev–Trinajstić information content (AvgIpc) is 3.11. The number of hydrogen-bond donors (Lipinski definition) is 5. The Labute approximate surface area is 288 Å². The molecule has 0 heterocycles. The SMILES string of the molecule is CN=C(NC)Nc1cccc(C(=O)NCC(=O)NC[C@@H](C(=O)Nc2c(Cl)cc(-c3ccccc3)cc2Cl)C(=O)OCc2ccccc2)c1. The molecule has 0 unspecified atom stereocenters. The second-order valence-electron chi connectivity index (χ2n) is 10.3. The van der Waals surface area contributed by atoms with Gasteiger partial charge in [0.15, 0.2) is 11.9 Å². The minimum absolute atomic E-state index is 0.0887. The van der Waals surface area contributed by atoms with Crippen LogP contribution in [0.15, 0.2) is 102 Å². The van der Waals surface area contributed by atoms with Crippen molar-refractivity contribution in [2.75, 3.05) is 37.8 Å².